The molecule has 3 heteroatoms. The number of methoxy groups -OCH3 is 1. The molecule has 0 saturated carbocycles. The molecule has 72 valence electrons. The van der Waals surface area contributed by atoms with Crippen molar-refractivity contribution in [2.24, 2.45) is 0 Å². The fraction of sp³-hybridized carbons (Fsp3) is 0.889. The summed E-state index contributed by atoms with van der Waals surface area (Å²) in [5.41, 5.74) is 0. The van der Waals surface area contributed by atoms with E-state index in [0.29, 0.717) is 12.6 Å². The zero-order chi connectivity index (χ0) is 9.40. The summed E-state index contributed by atoms with van der Waals surface area (Å²) in [7, 11) is 1.40. The molecule has 0 radical (unpaired) electrons. The van der Waals surface area contributed by atoms with E-state index in [1.165, 1.54) is 20.0 Å². The number of carbonyl (C=O) groups is 1. The third-order valence-electron chi connectivity index (χ3n) is 1.81. The first-order chi connectivity index (χ1) is 5.70. The molecular formula is C9H19NO2. The van der Waals surface area contributed by atoms with Crippen molar-refractivity contribution in [3.05, 3.63) is 0 Å². The molecule has 0 aliphatic carbocycles. The molecule has 0 aliphatic heterocycles. The zero-order valence-corrected chi connectivity index (χ0v) is 8.22. The number of hydrogen-bond acceptors (Lipinski definition) is 3. The largest absolute Gasteiger partial charge is 0.468 e. The monoisotopic (exact) mass is 173 g/mol. The first-order valence-electron chi connectivity index (χ1n) is 4.50. The van der Waals surface area contributed by atoms with Crippen molar-refractivity contribution in [1.82, 2.24) is 5.32 Å². The summed E-state index contributed by atoms with van der Waals surface area (Å²) in [5.74, 6) is -0.196. The standard InChI is InChI=1S/C9H19NO2/c1-4-5-6-8(2)10-7-9(11)12-3/h8,10H,4-7H2,1-3H3. The fourth-order valence-electron chi connectivity index (χ4n) is 0.942. The van der Waals surface area contributed by atoms with Gasteiger partial charge in [0.15, 0.2) is 0 Å². The molecule has 3 nitrogen and oxygen atoms in total. The zero-order valence-electron chi connectivity index (χ0n) is 8.22. The molecule has 0 aromatic heterocycles. The maximum atomic E-state index is 10.7. The topological polar surface area (TPSA) is 38.3 Å². The number of esters is 1. The highest BCUT2D eigenvalue weighted by atomic mass is 16.5. The van der Waals surface area contributed by atoms with Gasteiger partial charge in [0, 0.05) is 6.04 Å². The van der Waals surface area contributed by atoms with Gasteiger partial charge in [0.25, 0.3) is 0 Å². The number of nitrogens with one attached hydrogen (secondary N) is 1. The summed E-state index contributed by atoms with van der Waals surface area (Å²) in [6.45, 7) is 4.56. The summed E-state index contributed by atoms with van der Waals surface area (Å²) in [6.07, 6.45) is 3.52. The molecule has 0 aromatic rings. The van der Waals surface area contributed by atoms with Crippen LogP contribution in [-0.4, -0.2) is 25.7 Å². The first kappa shape index (κ1) is 11.4. The van der Waals surface area contributed by atoms with Gasteiger partial charge >= 0.3 is 5.97 Å². The average molecular weight is 173 g/mol. The molecule has 0 heterocycles. The van der Waals surface area contributed by atoms with Crippen LogP contribution in [-0.2, 0) is 9.53 Å². The summed E-state index contributed by atoms with van der Waals surface area (Å²) >= 11 is 0. The van der Waals surface area contributed by atoms with Gasteiger partial charge in [0.2, 0.25) is 0 Å². The van der Waals surface area contributed by atoms with E-state index in [0.717, 1.165) is 6.42 Å². The lowest BCUT2D eigenvalue weighted by atomic mass is 10.1. The van der Waals surface area contributed by atoms with Crippen molar-refractivity contribution in [3.63, 3.8) is 0 Å². The lowest BCUT2D eigenvalue weighted by Gasteiger charge is -2.11. The van der Waals surface area contributed by atoms with E-state index < -0.39 is 0 Å². The highest BCUT2D eigenvalue weighted by Gasteiger charge is 2.03. The van der Waals surface area contributed by atoms with Crippen molar-refractivity contribution < 1.29 is 9.53 Å². The summed E-state index contributed by atoms with van der Waals surface area (Å²) in [5, 5.41) is 3.09. The van der Waals surface area contributed by atoms with Crippen molar-refractivity contribution in [3.8, 4) is 0 Å². The fourth-order valence-corrected chi connectivity index (χ4v) is 0.942. The van der Waals surface area contributed by atoms with E-state index in [9.17, 15) is 4.79 Å². The molecule has 0 bridgehead atoms. The molecule has 0 spiro atoms. The lowest BCUT2D eigenvalue weighted by molar-refractivity contribution is -0.139. The maximum absolute atomic E-state index is 10.7. The van der Waals surface area contributed by atoms with Gasteiger partial charge in [-0.2, -0.15) is 0 Å². The van der Waals surface area contributed by atoms with Crippen LogP contribution in [0.5, 0.6) is 0 Å². The Morgan fingerprint density at radius 2 is 2.25 bits per heavy atom. The number of unbranched alkanes of at least 4 members (excludes halogenated alkanes) is 1. The second-order valence-corrected chi connectivity index (χ2v) is 3.00. The van der Waals surface area contributed by atoms with Gasteiger partial charge in [-0.1, -0.05) is 19.8 Å². The third-order valence-corrected chi connectivity index (χ3v) is 1.81. The van der Waals surface area contributed by atoms with E-state index in [2.05, 4.69) is 23.9 Å². The molecule has 0 amide bonds. The van der Waals surface area contributed by atoms with Gasteiger partial charge in [-0.3, -0.25) is 4.79 Å². The number of ether oxygens (including phenoxy) is 1. The Morgan fingerprint density at radius 3 is 2.75 bits per heavy atom. The molecule has 0 fully saturated rings. The minimum Gasteiger partial charge on any atom is -0.468 e. The van der Waals surface area contributed by atoms with Crippen LogP contribution in [0.1, 0.15) is 33.1 Å². The van der Waals surface area contributed by atoms with E-state index in [4.69, 9.17) is 0 Å². The molecule has 1 atom stereocenters. The average Bonchev–Trinajstić information content (AvgIpc) is 2.10. The second kappa shape index (κ2) is 7.10. The normalized spacial score (nSPS) is 12.6. The van der Waals surface area contributed by atoms with Gasteiger partial charge in [-0.25, -0.2) is 0 Å². The van der Waals surface area contributed by atoms with Crippen LogP contribution in [0, 0.1) is 0 Å². The predicted molar refractivity (Wildman–Crippen MR) is 49.0 cm³/mol. The van der Waals surface area contributed by atoms with Crippen molar-refractivity contribution in [1.29, 1.82) is 0 Å². The van der Waals surface area contributed by atoms with Crippen LogP contribution in [0.25, 0.3) is 0 Å². The molecule has 0 aromatic carbocycles. The third kappa shape index (κ3) is 6.16. The summed E-state index contributed by atoms with van der Waals surface area (Å²) in [6, 6.07) is 0.407. The Hall–Kier alpha value is -0.570. The van der Waals surface area contributed by atoms with Gasteiger partial charge in [0.1, 0.15) is 0 Å². The van der Waals surface area contributed by atoms with Crippen LogP contribution in [0.3, 0.4) is 0 Å². The Kier molecular flexibility index (Phi) is 6.76. The smallest absolute Gasteiger partial charge is 0.319 e. The lowest BCUT2D eigenvalue weighted by Crippen LogP contribution is -2.31. The van der Waals surface area contributed by atoms with Gasteiger partial charge in [0.05, 0.1) is 13.7 Å². The molecule has 0 aliphatic rings. The number of hydrogen-bond donors (Lipinski definition) is 1. The van der Waals surface area contributed by atoms with E-state index >= 15 is 0 Å². The van der Waals surface area contributed by atoms with Crippen LogP contribution in [0.4, 0.5) is 0 Å². The summed E-state index contributed by atoms with van der Waals surface area (Å²) in [4.78, 5) is 10.7. The molecule has 12 heavy (non-hydrogen) atoms. The van der Waals surface area contributed by atoms with Crippen molar-refractivity contribution >= 4 is 5.97 Å². The minimum absolute atomic E-state index is 0.196. The molecular weight excluding hydrogens is 154 g/mol. The molecule has 1 N–H and O–H groups in total. The number of rotatable bonds is 6. The van der Waals surface area contributed by atoms with Crippen molar-refractivity contribution in [2.75, 3.05) is 13.7 Å². The van der Waals surface area contributed by atoms with E-state index in [-0.39, 0.29) is 5.97 Å². The summed E-state index contributed by atoms with van der Waals surface area (Å²) < 4.78 is 4.50. The Balaban J connectivity index is 3.30. The maximum Gasteiger partial charge on any atom is 0.319 e. The van der Waals surface area contributed by atoms with E-state index in [1.54, 1.807) is 0 Å². The minimum atomic E-state index is -0.196. The molecule has 0 rings (SSSR count). The first-order valence-corrected chi connectivity index (χ1v) is 4.50. The van der Waals surface area contributed by atoms with Crippen LogP contribution in [0.15, 0.2) is 0 Å². The highest BCUT2D eigenvalue weighted by molar-refractivity contribution is 5.71. The van der Waals surface area contributed by atoms with E-state index in [1.807, 2.05) is 0 Å². The number of carbonyl (C=O) groups excluding carboxylic acids is 1. The SMILES string of the molecule is CCCCC(C)NCC(=O)OC. The van der Waals surface area contributed by atoms with Crippen molar-refractivity contribution in [2.45, 2.75) is 39.2 Å². The Bertz CT molecular complexity index is 126. The van der Waals surface area contributed by atoms with Gasteiger partial charge < -0.3 is 10.1 Å². The quantitative estimate of drug-likeness (QED) is 0.616. The van der Waals surface area contributed by atoms with Gasteiger partial charge in [-0.15, -0.1) is 0 Å². The second-order valence-electron chi connectivity index (χ2n) is 3.00. The molecule has 1 unspecified atom stereocenters. The van der Waals surface area contributed by atoms with Crippen LogP contribution in [0.2, 0.25) is 0 Å². The Labute approximate surface area is 74.5 Å². The predicted octanol–water partition coefficient (Wildman–Crippen LogP) is 1.33. The van der Waals surface area contributed by atoms with Crippen LogP contribution >= 0.6 is 0 Å². The van der Waals surface area contributed by atoms with Gasteiger partial charge in [-0.05, 0) is 13.3 Å². The molecule has 0 saturated heterocycles. The van der Waals surface area contributed by atoms with Crippen LogP contribution < -0.4 is 5.32 Å². The highest BCUT2D eigenvalue weighted by Crippen LogP contribution is 1.98. The Morgan fingerprint density at radius 1 is 1.58 bits per heavy atom.